The van der Waals surface area contributed by atoms with Crippen molar-refractivity contribution in [3.63, 3.8) is 0 Å². The van der Waals surface area contributed by atoms with E-state index in [0.717, 1.165) is 12.1 Å². The fraction of sp³-hybridized carbons (Fsp3) is 0.500. The summed E-state index contributed by atoms with van der Waals surface area (Å²) in [6.45, 7) is 3.98. The smallest absolute Gasteiger partial charge is 0.415 e. The van der Waals surface area contributed by atoms with Crippen molar-refractivity contribution >= 4 is 17.7 Å². The highest BCUT2D eigenvalue weighted by atomic mass is 35.5. The molecule has 0 spiro atoms. The summed E-state index contributed by atoms with van der Waals surface area (Å²) >= 11 is 5.68. The minimum Gasteiger partial charge on any atom is -0.464 e. The molecule has 3 nitrogen and oxygen atoms in total. The molecule has 0 amide bonds. The maximum absolute atomic E-state index is 10.9. The number of carbonyl (C=O) groups is 1. The van der Waals surface area contributed by atoms with E-state index in [1.54, 1.807) is 12.3 Å². The lowest BCUT2D eigenvalue weighted by atomic mass is 9.86. The number of nitrogens with zero attached hydrogens (tertiary/aromatic N) is 1. The van der Waals surface area contributed by atoms with Gasteiger partial charge in [-0.15, -0.1) is 11.6 Å². The zero-order valence-electron chi connectivity index (χ0n) is 8.33. The van der Waals surface area contributed by atoms with Gasteiger partial charge in [0, 0.05) is 23.2 Å². The Morgan fingerprint density at radius 2 is 2.29 bits per heavy atom. The highest BCUT2D eigenvalue weighted by Gasteiger charge is 2.24. The summed E-state index contributed by atoms with van der Waals surface area (Å²) in [7, 11) is 0. The van der Waals surface area contributed by atoms with E-state index < -0.39 is 6.09 Å². The zero-order chi connectivity index (χ0) is 10.8. The fourth-order valence-electron chi connectivity index (χ4n) is 1.46. The van der Waals surface area contributed by atoms with Crippen LogP contribution in [0.5, 0.6) is 0 Å². The maximum Gasteiger partial charge on any atom is 0.415 e. The van der Waals surface area contributed by atoms with Crippen molar-refractivity contribution in [2.45, 2.75) is 25.7 Å². The Kier molecular flexibility index (Phi) is 3.21. The monoisotopic (exact) mass is 215 g/mol. The Balaban J connectivity index is 3.05. The Bertz CT molecular complexity index is 331. The van der Waals surface area contributed by atoms with E-state index in [1.165, 1.54) is 4.57 Å². The van der Waals surface area contributed by atoms with Crippen LogP contribution in [0.4, 0.5) is 4.79 Å². The molecule has 1 N–H and O–H groups in total. The van der Waals surface area contributed by atoms with Crippen molar-refractivity contribution in [2.75, 3.05) is 5.88 Å². The molecule has 4 heteroatoms. The number of hydrogen-bond donors (Lipinski definition) is 1. The van der Waals surface area contributed by atoms with Gasteiger partial charge in [-0.2, -0.15) is 0 Å². The molecule has 0 fully saturated rings. The quantitative estimate of drug-likeness (QED) is 0.788. The number of hydrogen-bond acceptors (Lipinski definition) is 1. The van der Waals surface area contributed by atoms with Crippen molar-refractivity contribution in [1.82, 2.24) is 4.57 Å². The number of rotatable bonds is 3. The maximum atomic E-state index is 10.9. The number of halogens is 1. The molecular weight excluding hydrogens is 202 g/mol. The lowest BCUT2D eigenvalue weighted by Gasteiger charge is -2.24. The molecule has 0 atom stereocenters. The highest BCUT2D eigenvalue weighted by Crippen LogP contribution is 2.27. The van der Waals surface area contributed by atoms with Crippen LogP contribution in [0.25, 0.3) is 0 Å². The lowest BCUT2D eigenvalue weighted by Crippen LogP contribution is -2.24. The van der Waals surface area contributed by atoms with Gasteiger partial charge in [-0.3, -0.25) is 4.57 Å². The van der Waals surface area contributed by atoms with Crippen LogP contribution in [0, 0.1) is 0 Å². The van der Waals surface area contributed by atoms with E-state index in [0.29, 0.717) is 5.88 Å². The van der Waals surface area contributed by atoms with Crippen LogP contribution in [0.3, 0.4) is 0 Å². The molecule has 1 aromatic rings. The first-order valence-electron chi connectivity index (χ1n) is 4.46. The van der Waals surface area contributed by atoms with E-state index in [-0.39, 0.29) is 5.41 Å². The predicted octanol–water partition coefficient (Wildman–Crippen LogP) is 2.92. The van der Waals surface area contributed by atoms with E-state index in [1.807, 2.05) is 19.9 Å². The summed E-state index contributed by atoms with van der Waals surface area (Å²) in [6, 6.07) is 3.56. The van der Waals surface area contributed by atoms with Crippen LogP contribution in [0.15, 0.2) is 18.3 Å². The average molecular weight is 216 g/mol. The summed E-state index contributed by atoms with van der Waals surface area (Å²) in [5.74, 6) is 0.526. The second-order valence-electron chi connectivity index (χ2n) is 3.87. The summed E-state index contributed by atoms with van der Waals surface area (Å²) < 4.78 is 1.24. The van der Waals surface area contributed by atoms with Gasteiger partial charge < -0.3 is 5.11 Å². The molecule has 14 heavy (non-hydrogen) atoms. The molecule has 0 saturated carbocycles. The van der Waals surface area contributed by atoms with Crippen molar-refractivity contribution < 1.29 is 9.90 Å². The second kappa shape index (κ2) is 4.05. The Hall–Kier alpha value is -0.960. The van der Waals surface area contributed by atoms with Crippen LogP contribution in [-0.4, -0.2) is 21.6 Å². The zero-order valence-corrected chi connectivity index (χ0v) is 9.08. The molecule has 0 bridgehead atoms. The lowest BCUT2D eigenvalue weighted by molar-refractivity contribution is 0.194. The molecule has 1 heterocycles. The fourth-order valence-corrected chi connectivity index (χ4v) is 1.94. The van der Waals surface area contributed by atoms with Gasteiger partial charge >= 0.3 is 6.09 Å². The SMILES string of the molecule is CC(C)(CCCl)c1cccn1C(=O)O. The largest absolute Gasteiger partial charge is 0.464 e. The second-order valence-corrected chi connectivity index (χ2v) is 4.25. The minimum atomic E-state index is -0.951. The molecule has 0 saturated heterocycles. The molecule has 1 aromatic heterocycles. The summed E-state index contributed by atoms with van der Waals surface area (Å²) in [4.78, 5) is 10.9. The van der Waals surface area contributed by atoms with Gasteiger partial charge in [0.05, 0.1) is 0 Å². The standard InChI is InChI=1S/C10H14ClNO2/c1-10(2,5-6-11)8-4-3-7-12(8)9(13)14/h3-4,7H,5-6H2,1-2H3,(H,13,14). The van der Waals surface area contributed by atoms with Crippen LogP contribution in [0.1, 0.15) is 26.0 Å². The molecule has 0 aromatic carbocycles. The first kappa shape index (κ1) is 11.1. The summed E-state index contributed by atoms with van der Waals surface area (Å²) in [6.07, 6.45) is 1.35. The van der Waals surface area contributed by atoms with Crippen molar-refractivity contribution in [2.24, 2.45) is 0 Å². The average Bonchev–Trinajstić information content (AvgIpc) is 2.51. The van der Waals surface area contributed by atoms with Crippen molar-refractivity contribution in [1.29, 1.82) is 0 Å². The van der Waals surface area contributed by atoms with E-state index in [9.17, 15) is 4.79 Å². The molecule has 1 rings (SSSR count). The number of alkyl halides is 1. The Morgan fingerprint density at radius 1 is 1.64 bits per heavy atom. The first-order chi connectivity index (χ1) is 6.49. The van der Waals surface area contributed by atoms with E-state index in [4.69, 9.17) is 16.7 Å². The van der Waals surface area contributed by atoms with Gasteiger partial charge in [0.15, 0.2) is 0 Å². The number of carboxylic acid groups (broad SMARTS) is 1. The topological polar surface area (TPSA) is 42.2 Å². The van der Waals surface area contributed by atoms with Gasteiger partial charge in [0.2, 0.25) is 0 Å². The third-order valence-electron chi connectivity index (χ3n) is 2.37. The molecular formula is C10H14ClNO2. The van der Waals surface area contributed by atoms with Crippen LogP contribution < -0.4 is 0 Å². The molecule has 0 aliphatic rings. The van der Waals surface area contributed by atoms with E-state index >= 15 is 0 Å². The van der Waals surface area contributed by atoms with Gasteiger partial charge in [0.1, 0.15) is 0 Å². The molecule has 0 aliphatic heterocycles. The molecule has 0 radical (unpaired) electrons. The van der Waals surface area contributed by atoms with Gasteiger partial charge in [-0.1, -0.05) is 13.8 Å². The van der Waals surface area contributed by atoms with Gasteiger partial charge in [-0.25, -0.2) is 4.79 Å². The molecule has 78 valence electrons. The first-order valence-corrected chi connectivity index (χ1v) is 4.99. The summed E-state index contributed by atoms with van der Waals surface area (Å²) in [5.41, 5.74) is 0.578. The normalized spacial score (nSPS) is 11.6. The minimum absolute atomic E-state index is 0.205. The van der Waals surface area contributed by atoms with Gasteiger partial charge in [0.25, 0.3) is 0 Å². The summed E-state index contributed by atoms with van der Waals surface area (Å²) in [5, 5.41) is 8.92. The van der Waals surface area contributed by atoms with Crippen LogP contribution in [0.2, 0.25) is 0 Å². The van der Waals surface area contributed by atoms with Crippen molar-refractivity contribution in [3.8, 4) is 0 Å². The van der Waals surface area contributed by atoms with Crippen LogP contribution in [-0.2, 0) is 5.41 Å². The van der Waals surface area contributed by atoms with Crippen molar-refractivity contribution in [3.05, 3.63) is 24.0 Å². The molecule has 0 unspecified atom stereocenters. The molecule has 0 aliphatic carbocycles. The highest BCUT2D eigenvalue weighted by molar-refractivity contribution is 6.17. The Labute approximate surface area is 88.3 Å². The number of aromatic nitrogens is 1. The van der Waals surface area contributed by atoms with E-state index in [2.05, 4.69) is 0 Å². The third kappa shape index (κ3) is 2.10. The van der Waals surface area contributed by atoms with Crippen LogP contribution >= 0.6 is 11.6 Å². The van der Waals surface area contributed by atoms with Gasteiger partial charge in [-0.05, 0) is 18.6 Å². The predicted molar refractivity (Wildman–Crippen MR) is 56.2 cm³/mol. The Morgan fingerprint density at radius 3 is 2.79 bits per heavy atom. The third-order valence-corrected chi connectivity index (χ3v) is 2.56.